The second-order valence-corrected chi connectivity index (χ2v) is 9.84. The Labute approximate surface area is 240 Å². The lowest BCUT2D eigenvalue weighted by Crippen LogP contribution is -2.29. The minimum Gasteiger partial charge on any atom is -0.495 e. The fraction of sp³-hybridized carbons (Fsp3) is 0.179. The molecule has 0 aliphatic carbocycles. The van der Waals surface area contributed by atoms with Crippen molar-refractivity contribution in [3.63, 3.8) is 0 Å². The van der Waals surface area contributed by atoms with E-state index >= 15 is 0 Å². The van der Waals surface area contributed by atoms with Gasteiger partial charge >= 0.3 is 0 Å². The fourth-order valence-corrected chi connectivity index (χ4v) is 5.27. The van der Waals surface area contributed by atoms with Crippen LogP contribution in [0.1, 0.15) is 23.5 Å². The minimum absolute atomic E-state index is 0.0946. The number of pyridine rings is 1. The summed E-state index contributed by atoms with van der Waals surface area (Å²) in [4.78, 5) is 18.8. The van der Waals surface area contributed by atoms with E-state index in [-0.39, 0.29) is 18.6 Å². The summed E-state index contributed by atoms with van der Waals surface area (Å²) in [5.74, 6) is 1.38. The third-order valence-electron chi connectivity index (χ3n) is 6.24. The summed E-state index contributed by atoms with van der Waals surface area (Å²) in [5.41, 5.74) is 2.65. The molecule has 1 fully saturated rings. The first-order chi connectivity index (χ1) is 18.9. The predicted molar refractivity (Wildman–Crippen MR) is 156 cm³/mol. The summed E-state index contributed by atoms with van der Waals surface area (Å²) < 4.78 is 16.8. The standard InChI is InChI=1S/C28H24Cl2N4O4S/c1-36-15-24(35)32-20-14-16(9-10-22(20)37-2)34-27(26(33-28(34)39)19-8-3-4-13-31-19)23-12-11-21(38-23)17-6-5-7-18(29)25(17)30/h3-14,26-27H,15H2,1-2H3,(H,32,35)(H,33,39)/t26-,27-/m0/s1. The average Bonchev–Trinajstić information content (AvgIpc) is 3.55. The van der Waals surface area contributed by atoms with Gasteiger partial charge in [-0.2, -0.15) is 0 Å². The van der Waals surface area contributed by atoms with Gasteiger partial charge in [0.1, 0.15) is 29.9 Å². The number of anilines is 2. The number of nitrogens with zero attached hydrogens (tertiary/aromatic N) is 2. The molecule has 2 aromatic heterocycles. The smallest absolute Gasteiger partial charge is 0.250 e. The van der Waals surface area contributed by atoms with Crippen molar-refractivity contribution in [2.75, 3.05) is 31.0 Å². The van der Waals surface area contributed by atoms with Crippen molar-refractivity contribution >= 4 is 57.8 Å². The molecule has 1 amide bonds. The van der Waals surface area contributed by atoms with Crippen molar-refractivity contribution in [3.05, 3.63) is 94.4 Å². The van der Waals surface area contributed by atoms with E-state index in [0.717, 1.165) is 5.69 Å². The predicted octanol–water partition coefficient (Wildman–Crippen LogP) is 6.42. The van der Waals surface area contributed by atoms with Crippen LogP contribution in [0.15, 0.2) is 77.3 Å². The first-order valence-corrected chi connectivity index (χ1v) is 13.1. The summed E-state index contributed by atoms with van der Waals surface area (Å²) in [6.07, 6.45) is 1.73. The Balaban J connectivity index is 1.59. The van der Waals surface area contributed by atoms with Crippen LogP contribution in [0.2, 0.25) is 10.0 Å². The lowest BCUT2D eigenvalue weighted by Gasteiger charge is -2.27. The highest BCUT2D eigenvalue weighted by Crippen LogP contribution is 2.45. The van der Waals surface area contributed by atoms with E-state index in [4.69, 9.17) is 49.3 Å². The second kappa shape index (κ2) is 11.6. The van der Waals surface area contributed by atoms with Gasteiger partial charge in [-0.1, -0.05) is 35.3 Å². The van der Waals surface area contributed by atoms with Crippen molar-refractivity contribution in [3.8, 4) is 17.1 Å². The molecule has 2 aromatic carbocycles. The third kappa shape index (κ3) is 5.44. The van der Waals surface area contributed by atoms with Crippen LogP contribution in [0.5, 0.6) is 5.75 Å². The molecule has 1 aliphatic heterocycles. The molecule has 11 heteroatoms. The first-order valence-electron chi connectivity index (χ1n) is 11.9. The van der Waals surface area contributed by atoms with Crippen LogP contribution in [0, 0.1) is 0 Å². The van der Waals surface area contributed by atoms with Crippen molar-refractivity contribution in [2.45, 2.75) is 12.1 Å². The Morgan fingerprint density at radius 3 is 2.72 bits per heavy atom. The zero-order chi connectivity index (χ0) is 27.5. The number of methoxy groups -OCH3 is 2. The minimum atomic E-state index is -0.421. The van der Waals surface area contributed by atoms with Gasteiger partial charge < -0.3 is 29.4 Å². The fourth-order valence-electron chi connectivity index (χ4n) is 4.53. The van der Waals surface area contributed by atoms with Crippen LogP contribution >= 0.6 is 35.4 Å². The molecule has 1 aliphatic rings. The molecule has 4 aromatic rings. The summed E-state index contributed by atoms with van der Waals surface area (Å²) in [6.45, 7) is -0.0946. The molecule has 0 unspecified atom stereocenters. The second-order valence-electron chi connectivity index (χ2n) is 8.67. The van der Waals surface area contributed by atoms with E-state index in [9.17, 15) is 4.79 Å². The Morgan fingerprint density at radius 1 is 1.13 bits per heavy atom. The monoisotopic (exact) mass is 582 g/mol. The Morgan fingerprint density at radius 2 is 1.97 bits per heavy atom. The summed E-state index contributed by atoms with van der Waals surface area (Å²) in [5, 5.41) is 7.54. The highest BCUT2D eigenvalue weighted by molar-refractivity contribution is 7.80. The van der Waals surface area contributed by atoms with E-state index in [0.29, 0.717) is 49.4 Å². The van der Waals surface area contributed by atoms with Gasteiger partial charge in [0.15, 0.2) is 5.11 Å². The SMILES string of the molecule is COCC(=O)Nc1cc(N2C(=S)N[C@@H](c3ccccn3)[C@@H]2c2ccc(-c3cccc(Cl)c3Cl)o2)ccc1OC. The topological polar surface area (TPSA) is 88.9 Å². The maximum atomic E-state index is 12.3. The molecule has 0 saturated carbocycles. The molecule has 2 N–H and O–H groups in total. The number of rotatable bonds is 8. The summed E-state index contributed by atoms with van der Waals surface area (Å²) in [7, 11) is 2.99. The van der Waals surface area contributed by atoms with Crippen LogP contribution in [0.25, 0.3) is 11.3 Å². The molecule has 2 atom stereocenters. The van der Waals surface area contributed by atoms with Gasteiger partial charge in [0, 0.05) is 24.6 Å². The van der Waals surface area contributed by atoms with Gasteiger partial charge in [0.2, 0.25) is 5.91 Å². The number of nitrogens with one attached hydrogen (secondary N) is 2. The molecule has 200 valence electrons. The Bertz CT molecular complexity index is 1510. The number of halogens is 2. The van der Waals surface area contributed by atoms with Crippen LogP contribution in [0.4, 0.5) is 11.4 Å². The average molecular weight is 583 g/mol. The van der Waals surface area contributed by atoms with Crippen LogP contribution in [0.3, 0.4) is 0 Å². The molecule has 0 spiro atoms. The molecular formula is C28H24Cl2N4O4S. The molecule has 5 rings (SSSR count). The number of benzene rings is 2. The highest BCUT2D eigenvalue weighted by atomic mass is 35.5. The molecule has 0 bridgehead atoms. The van der Waals surface area contributed by atoms with Crippen molar-refractivity contribution in [1.82, 2.24) is 10.3 Å². The van der Waals surface area contributed by atoms with Gasteiger partial charge in [-0.15, -0.1) is 0 Å². The lowest BCUT2D eigenvalue weighted by atomic mass is 10.0. The van der Waals surface area contributed by atoms with Crippen LogP contribution in [-0.4, -0.2) is 36.8 Å². The number of carbonyl (C=O) groups excluding carboxylic acids is 1. The number of aromatic nitrogens is 1. The van der Waals surface area contributed by atoms with E-state index in [1.807, 2.05) is 53.4 Å². The molecular weight excluding hydrogens is 559 g/mol. The van der Waals surface area contributed by atoms with Gasteiger partial charge in [0.05, 0.1) is 34.6 Å². The molecule has 0 radical (unpaired) electrons. The van der Waals surface area contributed by atoms with E-state index in [1.54, 1.807) is 24.4 Å². The lowest BCUT2D eigenvalue weighted by molar-refractivity contribution is -0.119. The number of furan rings is 1. The Kier molecular flexibility index (Phi) is 8.04. The number of hydrogen-bond acceptors (Lipinski definition) is 6. The third-order valence-corrected chi connectivity index (χ3v) is 7.38. The molecule has 8 nitrogen and oxygen atoms in total. The van der Waals surface area contributed by atoms with Crippen molar-refractivity contribution in [2.24, 2.45) is 0 Å². The number of ether oxygens (including phenoxy) is 2. The maximum Gasteiger partial charge on any atom is 0.250 e. The number of carbonyl (C=O) groups is 1. The highest BCUT2D eigenvalue weighted by Gasteiger charge is 2.43. The number of hydrogen-bond donors (Lipinski definition) is 2. The molecule has 39 heavy (non-hydrogen) atoms. The first kappa shape index (κ1) is 27.0. The summed E-state index contributed by atoms with van der Waals surface area (Å²) in [6, 6.07) is 19.5. The largest absolute Gasteiger partial charge is 0.495 e. The van der Waals surface area contributed by atoms with Gasteiger partial charge in [-0.25, -0.2) is 0 Å². The van der Waals surface area contributed by atoms with E-state index in [1.165, 1.54) is 14.2 Å². The van der Waals surface area contributed by atoms with E-state index in [2.05, 4.69) is 15.6 Å². The van der Waals surface area contributed by atoms with Gasteiger partial charge in [-0.3, -0.25) is 9.78 Å². The zero-order valence-electron chi connectivity index (χ0n) is 21.0. The van der Waals surface area contributed by atoms with E-state index < -0.39 is 6.04 Å². The van der Waals surface area contributed by atoms with Crippen LogP contribution in [-0.2, 0) is 9.53 Å². The molecule has 3 heterocycles. The van der Waals surface area contributed by atoms with Gasteiger partial charge in [0.25, 0.3) is 0 Å². The number of thiocarbonyl (C=S) groups is 1. The maximum absolute atomic E-state index is 12.3. The zero-order valence-corrected chi connectivity index (χ0v) is 23.3. The number of amides is 1. The van der Waals surface area contributed by atoms with Crippen molar-refractivity contribution < 1.29 is 18.7 Å². The molecule has 1 saturated heterocycles. The quantitative estimate of drug-likeness (QED) is 0.230. The Hall–Kier alpha value is -3.63. The normalized spacial score (nSPS) is 16.7. The van der Waals surface area contributed by atoms with Crippen LogP contribution < -0.4 is 20.3 Å². The van der Waals surface area contributed by atoms with Gasteiger partial charge in [-0.05, 0) is 66.8 Å². The van der Waals surface area contributed by atoms with Crippen molar-refractivity contribution in [1.29, 1.82) is 0 Å². The summed E-state index contributed by atoms with van der Waals surface area (Å²) >= 11 is 18.5.